The van der Waals surface area contributed by atoms with E-state index >= 15 is 0 Å². The molecule has 4 rings (SSSR count). The van der Waals surface area contributed by atoms with Gasteiger partial charge in [0.05, 0.1) is 35.1 Å². The number of aromatic nitrogens is 2. The van der Waals surface area contributed by atoms with E-state index in [4.69, 9.17) is 9.47 Å². The number of hydrogen-bond donors (Lipinski definition) is 2. The van der Waals surface area contributed by atoms with Crippen LogP contribution in [0.15, 0.2) is 53.9 Å². The summed E-state index contributed by atoms with van der Waals surface area (Å²) < 4.78 is 11.6. The number of hydrogen-bond acceptors (Lipinski definition) is 9. The Morgan fingerprint density at radius 3 is 2.84 bits per heavy atom. The quantitative estimate of drug-likeness (QED) is 0.311. The van der Waals surface area contributed by atoms with Gasteiger partial charge < -0.3 is 14.6 Å². The summed E-state index contributed by atoms with van der Waals surface area (Å²) in [6.45, 7) is 2.44. The van der Waals surface area contributed by atoms with E-state index < -0.39 is 0 Å². The minimum atomic E-state index is 0.0533. The van der Waals surface area contributed by atoms with Crippen LogP contribution in [0, 0.1) is 11.3 Å². The van der Waals surface area contributed by atoms with Crippen LogP contribution in [0.2, 0.25) is 0 Å². The molecular weight excluding hydrogens is 426 g/mol. The highest BCUT2D eigenvalue weighted by atomic mass is 32.1. The molecule has 0 unspecified atom stereocenters. The first-order valence-electron chi connectivity index (χ1n) is 9.72. The molecule has 2 N–H and O–H groups in total. The van der Waals surface area contributed by atoms with Gasteiger partial charge in [0.2, 0.25) is 0 Å². The van der Waals surface area contributed by atoms with Gasteiger partial charge in [-0.25, -0.2) is 9.97 Å². The zero-order chi connectivity index (χ0) is 22.5. The van der Waals surface area contributed by atoms with Crippen LogP contribution >= 0.6 is 11.3 Å². The number of fused-ring (bicyclic) bond motifs is 1. The summed E-state index contributed by atoms with van der Waals surface area (Å²) in [4.78, 5) is 9.40. The molecule has 0 aliphatic carbocycles. The smallest absolute Gasteiger partial charge is 0.167 e. The molecule has 0 spiro atoms. The number of nitrogens with zero attached hydrogens (tertiary/aromatic N) is 4. The molecule has 0 atom stereocenters. The predicted octanol–water partition coefficient (Wildman–Crippen LogP) is 4.79. The number of methoxy groups -OCH3 is 1. The van der Waals surface area contributed by atoms with Gasteiger partial charge in [0.15, 0.2) is 17.3 Å². The van der Waals surface area contributed by atoms with E-state index in [-0.39, 0.29) is 5.75 Å². The second-order valence-corrected chi connectivity index (χ2v) is 7.57. The Hall–Kier alpha value is -4.16. The molecule has 2 aromatic carbocycles. The van der Waals surface area contributed by atoms with Crippen LogP contribution in [0.5, 0.6) is 17.2 Å². The first-order valence-corrected chi connectivity index (χ1v) is 10.5. The van der Waals surface area contributed by atoms with Gasteiger partial charge in [0, 0.05) is 5.56 Å². The zero-order valence-electron chi connectivity index (χ0n) is 17.4. The van der Waals surface area contributed by atoms with Crippen molar-refractivity contribution in [3.05, 3.63) is 59.9 Å². The van der Waals surface area contributed by atoms with E-state index in [1.165, 1.54) is 30.8 Å². The Labute approximate surface area is 188 Å². The van der Waals surface area contributed by atoms with Crippen molar-refractivity contribution in [2.45, 2.75) is 6.92 Å². The van der Waals surface area contributed by atoms with Gasteiger partial charge in [0.25, 0.3) is 0 Å². The summed E-state index contributed by atoms with van der Waals surface area (Å²) in [6.07, 6.45) is 2.98. The zero-order valence-corrected chi connectivity index (χ0v) is 18.2. The number of anilines is 1. The molecule has 0 fully saturated rings. The van der Waals surface area contributed by atoms with Crippen molar-refractivity contribution in [2.24, 2.45) is 5.10 Å². The lowest BCUT2D eigenvalue weighted by Gasteiger charge is -2.08. The lowest BCUT2D eigenvalue weighted by atomic mass is 10.1. The topological polar surface area (TPSA) is 113 Å². The third-order valence-electron chi connectivity index (χ3n) is 4.60. The third kappa shape index (κ3) is 4.04. The number of nitrogens with one attached hydrogen (secondary N) is 1. The van der Waals surface area contributed by atoms with Crippen LogP contribution in [0.25, 0.3) is 20.7 Å². The Morgan fingerprint density at radius 1 is 1.22 bits per heavy atom. The van der Waals surface area contributed by atoms with Crippen LogP contribution in [0.4, 0.5) is 5.82 Å². The molecule has 160 valence electrons. The Balaban J connectivity index is 1.71. The van der Waals surface area contributed by atoms with E-state index in [1.54, 1.807) is 18.3 Å². The van der Waals surface area contributed by atoms with Crippen molar-refractivity contribution >= 4 is 33.6 Å². The Bertz CT molecular complexity index is 1340. The number of ether oxygens (including phenoxy) is 2. The first-order chi connectivity index (χ1) is 15.7. The lowest BCUT2D eigenvalue weighted by molar-refractivity contribution is 0.341. The molecule has 4 aromatic rings. The summed E-state index contributed by atoms with van der Waals surface area (Å²) in [7, 11) is 1.48. The largest absolute Gasteiger partial charge is 0.504 e. The van der Waals surface area contributed by atoms with Crippen molar-refractivity contribution in [1.82, 2.24) is 9.97 Å². The van der Waals surface area contributed by atoms with Crippen LogP contribution in [-0.2, 0) is 0 Å². The predicted molar refractivity (Wildman–Crippen MR) is 125 cm³/mol. The monoisotopic (exact) mass is 445 g/mol. The fourth-order valence-corrected chi connectivity index (χ4v) is 4.33. The van der Waals surface area contributed by atoms with Crippen molar-refractivity contribution in [2.75, 3.05) is 19.1 Å². The summed E-state index contributed by atoms with van der Waals surface area (Å²) >= 11 is 1.41. The number of thiophene rings is 1. The first kappa shape index (κ1) is 21.1. The number of nitriles is 1. The molecule has 0 bridgehead atoms. The molecule has 2 aromatic heterocycles. The molecule has 8 nitrogen and oxygen atoms in total. The molecule has 0 saturated heterocycles. The van der Waals surface area contributed by atoms with E-state index in [1.807, 2.05) is 31.2 Å². The second-order valence-electron chi connectivity index (χ2n) is 6.55. The molecule has 0 amide bonds. The maximum atomic E-state index is 9.85. The highest BCUT2D eigenvalue weighted by molar-refractivity contribution is 7.23. The average Bonchev–Trinajstić information content (AvgIpc) is 3.20. The standard InChI is InChI=1S/C23H19N5O3S/c1-3-31-18-7-5-4-6-15(18)21-16(11-24)20-22(32-21)23(26-13-25-20)28-27-12-14-8-9-17(29)19(10-14)30-2/h4-10,12-13,29H,3H2,1-2H3,(H,25,26,28)/b27-12+. The number of rotatable bonds is 7. The summed E-state index contributed by atoms with van der Waals surface area (Å²) in [6, 6.07) is 14.8. The van der Waals surface area contributed by atoms with Crippen LogP contribution < -0.4 is 14.9 Å². The fraction of sp³-hybridized carbons (Fsp3) is 0.130. The maximum absolute atomic E-state index is 9.85. The molecule has 2 heterocycles. The van der Waals surface area contributed by atoms with E-state index in [0.29, 0.717) is 39.7 Å². The number of aromatic hydroxyl groups is 1. The van der Waals surface area contributed by atoms with E-state index in [0.717, 1.165) is 16.0 Å². The molecule has 0 radical (unpaired) electrons. The fourth-order valence-electron chi connectivity index (χ4n) is 3.16. The number of phenols is 1. The van der Waals surface area contributed by atoms with E-state index in [2.05, 4.69) is 26.6 Å². The number of para-hydroxylation sites is 1. The van der Waals surface area contributed by atoms with Crippen LogP contribution in [0.3, 0.4) is 0 Å². The molecular formula is C23H19N5O3S. The van der Waals surface area contributed by atoms with Crippen molar-refractivity contribution in [1.29, 1.82) is 5.26 Å². The van der Waals surface area contributed by atoms with Gasteiger partial charge >= 0.3 is 0 Å². The van der Waals surface area contributed by atoms with Gasteiger partial charge in [-0.05, 0) is 42.8 Å². The van der Waals surface area contributed by atoms with Gasteiger partial charge in [-0.3, -0.25) is 5.43 Å². The van der Waals surface area contributed by atoms with Gasteiger partial charge in [-0.2, -0.15) is 10.4 Å². The molecule has 0 aliphatic heterocycles. The molecule has 0 saturated carbocycles. The summed E-state index contributed by atoms with van der Waals surface area (Å²) in [5.74, 6) is 1.60. The number of benzene rings is 2. The maximum Gasteiger partial charge on any atom is 0.167 e. The normalized spacial score (nSPS) is 10.9. The van der Waals surface area contributed by atoms with Gasteiger partial charge in [-0.15, -0.1) is 11.3 Å². The molecule has 32 heavy (non-hydrogen) atoms. The van der Waals surface area contributed by atoms with Crippen molar-refractivity contribution in [3.63, 3.8) is 0 Å². The van der Waals surface area contributed by atoms with Gasteiger partial charge in [0.1, 0.15) is 23.7 Å². The third-order valence-corrected chi connectivity index (χ3v) is 5.82. The minimum absolute atomic E-state index is 0.0533. The molecule has 0 aliphatic rings. The number of hydrazone groups is 1. The van der Waals surface area contributed by atoms with E-state index in [9.17, 15) is 10.4 Å². The SMILES string of the molecule is CCOc1ccccc1-c1sc2c(N/N=C/c3ccc(O)c(OC)c3)ncnc2c1C#N. The summed E-state index contributed by atoms with van der Waals surface area (Å²) in [5.41, 5.74) is 5.51. The minimum Gasteiger partial charge on any atom is -0.504 e. The Kier molecular flexibility index (Phi) is 6.14. The number of phenolic OH excluding ortho intramolecular Hbond substituents is 1. The van der Waals surface area contributed by atoms with Gasteiger partial charge in [-0.1, -0.05) is 12.1 Å². The highest BCUT2D eigenvalue weighted by Gasteiger charge is 2.20. The lowest BCUT2D eigenvalue weighted by Crippen LogP contribution is -1.95. The Morgan fingerprint density at radius 2 is 2.06 bits per heavy atom. The average molecular weight is 446 g/mol. The summed E-state index contributed by atoms with van der Waals surface area (Å²) in [5, 5.41) is 23.8. The van der Waals surface area contributed by atoms with Crippen LogP contribution in [0.1, 0.15) is 18.1 Å². The highest BCUT2D eigenvalue weighted by Crippen LogP contribution is 2.43. The second kappa shape index (κ2) is 9.32. The van der Waals surface area contributed by atoms with Crippen LogP contribution in [-0.4, -0.2) is 35.0 Å². The van der Waals surface area contributed by atoms with Crippen molar-refractivity contribution < 1.29 is 14.6 Å². The molecule has 9 heteroatoms. The van der Waals surface area contributed by atoms with Crippen molar-refractivity contribution in [3.8, 4) is 33.8 Å².